The van der Waals surface area contributed by atoms with Crippen LogP contribution < -0.4 is 16.0 Å². The van der Waals surface area contributed by atoms with Crippen molar-refractivity contribution in [2.24, 2.45) is 4.99 Å². The Morgan fingerprint density at radius 3 is 2.89 bits per heavy atom. The van der Waals surface area contributed by atoms with Gasteiger partial charge in [0.05, 0.1) is 0 Å². The first-order valence-electron chi connectivity index (χ1n) is 9.48. The molecule has 0 saturated carbocycles. The number of hydrogen-bond donors (Lipinski definition) is 3. The fourth-order valence-corrected chi connectivity index (χ4v) is 3.38. The van der Waals surface area contributed by atoms with Crippen LogP contribution in [-0.4, -0.2) is 41.6 Å². The zero-order valence-corrected chi connectivity index (χ0v) is 18.8. The van der Waals surface area contributed by atoms with Crippen LogP contribution in [0.4, 0.5) is 5.69 Å². The van der Waals surface area contributed by atoms with Crippen LogP contribution in [0, 0.1) is 6.92 Å². The van der Waals surface area contributed by atoms with E-state index in [1.54, 1.807) is 7.05 Å². The van der Waals surface area contributed by atoms with Crippen molar-refractivity contribution in [1.29, 1.82) is 0 Å². The van der Waals surface area contributed by atoms with Crippen LogP contribution in [0.3, 0.4) is 0 Å². The molecule has 2 aromatic rings. The molecule has 2 heterocycles. The fraction of sp³-hybridized carbons (Fsp3) is 0.450. The number of rotatable bonds is 7. The summed E-state index contributed by atoms with van der Waals surface area (Å²) in [7, 11) is 1.77. The molecule has 0 saturated heterocycles. The SMILES string of the molecule is CN=C(NCCCCn1ccnc1C)NCC1CC(=O)Nc2ccccc21.I. The number of imidazole rings is 1. The van der Waals surface area contributed by atoms with Gasteiger partial charge in [0.2, 0.25) is 5.91 Å². The molecule has 0 aliphatic carbocycles. The molecule has 3 N–H and O–H groups in total. The quantitative estimate of drug-likeness (QED) is 0.238. The summed E-state index contributed by atoms with van der Waals surface area (Å²) in [5.41, 5.74) is 2.09. The van der Waals surface area contributed by atoms with E-state index in [2.05, 4.69) is 36.6 Å². The van der Waals surface area contributed by atoms with Gasteiger partial charge in [-0.05, 0) is 31.4 Å². The van der Waals surface area contributed by atoms with Crippen molar-refractivity contribution >= 4 is 41.5 Å². The number of para-hydroxylation sites is 1. The molecule has 0 spiro atoms. The zero-order chi connectivity index (χ0) is 19.1. The van der Waals surface area contributed by atoms with Crippen molar-refractivity contribution < 1.29 is 4.79 Å². The minimum Gasteiger partial charge on any atom is -0.356 e. The van der Waals surface area contributed by atoms with E-state index >= 15 is 0 Å². The average molecular weight is 496 g/mol. The number of carbonyl (C=O) groups is 1. The van der Waals surface area contributed by atoms with Crippen LogP contribution in [0.25, 0.3) is 0 Å². The Kier molecular flexibility index (Phi) is 8.75. The van der Waals surface area contributed by atoms with Gasteiger partial charge in [-0.3, -0.25) is 9.79 Å². The maximum absolute atomic E-state index is 11.9. The second-order valence-corrected chi connectivity index (χ2v) is 6.79. The number of nitrogens with zero attached hydrogens (tertiary/aromatic N) is 3. The van der Waals surface area contributed by atoms with Gasteiger partial charge < -0.3 is 20.5 Å². The maximum Gasteiger partial charge on any atom is 0.225 e. The van der Waals surface area contributed by atoms with Crippen LogP contribution >= 0.6 is 24.0 Å². The third-order valence-electron chi connectivity index (χ3n) is 4.89. The van der Waals surface area contributed by atoms with Crippen molar-refractivity contribution in [3.05, 3.63) is 48.0 Å². The Hall–Kier alpha value is -2.10. The molecular weight excluding hydrogens is 467 g/mol. The number of aliphatic imine (C=N–C) groups is 1. The maximum atomic E-state index is 11.9. The van der Waals surface area contributed by atoms with Crippen LogP contribution in [0.2, 0.25) is 0 Å². The number of halogens is 1. The van der Waals surface area contributed by atoms with E-state index in [-0.39, 0.29) is 35.8 Å². The second-order valence-electron chi connectivity index (χ2n) is 6.79. The molecule has 1 aromatic heterocycles. The normalized spacial score (nSPS) is 16.0. The lowest BCUT2D eigenvalue weighted by molar-refractivity contribution is -0.116. The first-order chi connectivity index (χ1) is 13.2. The summed E-state index contributed by atoms with van der Waals surface area (Å²) in [6, 6.07) is 7.99. The molecule has 1 unspecified atom stereocenters. The third kappa shape index (κ3) is 5.95. The van der Waals surface area contributed by atoms with Gasteiger partial charge in [0.15, 0.2) is 5.96 Å². The molecule has 0 radical (unpaired) electrons. The van der Waals surface area contributed by atoms with Crippen molar-refractivity contribution in [2.75, 3.05) is 25.5 Å². The van der Waals surface area contributed by atoms with Gasteiger partial charge in [-0.25, -0.2) is 4.98 Å². The second kappa shape index (κ2) is 11.0. The zero-order valence-electron chi connectivity index (χ0n) is 16.4. The van der Waals surface area contributed by atoms with E-state index in [4.69, 9.17) is 0 Å². The van der Waals surface area contributed by atoms with Crippen molar-refractivity contribution in [1.82, 2.24) is 20.2 Å². The molecule has 1 amide bonds. The van der Waals surface area contributed by atoms with Gasteiger partial charge in [-0.15, -0.1) is 24.0 Å². The number of guanidine groups is 1. The van der Waals surface area contributed by atoms with E-state index in [0.717, 1.165) is 43.4 Å². The summed E-state index contributed by atoms with van der Waals surface area (Å²) in [5.74, 6) is 2.05. The highest BCUT2D eigenvalue weighted by molar-refractivity contribution is 14.0. The number of aromatic nitrogens is 2. The molecule has 1 aliphatic rings. The summed E-state index contributed by atoms with van der Waals surface area (Å²) in [5, 5.41) is 9.65. The molecular formula is C20H29IN6O. The molecule has 1 atom stereocenters. The van der Waals surface area contributed by atoms with E-state index < -0.39 is 0 Å². The van der Waals surface area contributed by atoms with Crippen molar-refractivity contribution in [3.8, 4) is 0 Å². The molecule has 0 fully saturated rings. The predicted molar refractivity (Wildman–Crippen MR) is 123 cm³/mol. The number of unbranched alkanes of at least 4 members (excludes halogenated alkanes) is 1. The first-order valence-corrected chi connectivity index (χ1v) is 9.48. The Labute approximate surface area is 183 Å². The number of benzene rings is 1. The Bertz CT molecular complexity index is 803. The van der Waals surface area contributed by atoms with Gasteiger partial charge in [0.25, 0.3) is 0 Å². The molecule has 3 rings (SSSR count). The molecule has 1 aliphatic heterocycles. The summed E-state index contributed by atoms with van der Waals surface area (Å²) in [4.78, 5) is 20.4. The Morgan fingerprint density at radius 1 is 1.32 bits per heavy atom. The van der Waals surface area contributed by atoms with E-state index in [1.165, 1.54) is 5.56 Å². The summed E-state index contributed by atoms with van der Waals surface area (Å²) >= 11 is 0. The van der Waals surface area contributed by atoms with E-state index in [9.17, 15) is 4.79 Å². The van der Waals surface area contributed by atoms with E-state index in [0.29, 0.717) is 13.0 Å². The minimum atomic E-state index is 0. The number of anilines is 1. The van der Waals surface area contributed by atoms with Crippen LogP contribution in [-0.2, 0) is 11.3 Å². The topological polar surface area (TPSA) is 83.3 Å². The molecule has 7 nitrogen and oxygen atoms in total. The third-order valence-corrected chi connectivity index (χ3v) is 4.89. The Balaban J connectivity index is 0.00000280. The lowest BCUT2D eigenvalue weighted by atomic mass is 9.90. The molecule has 1 aromatic carbocycles. The number of hydrogen-bond acceptors (Lipinski definition) is 3. The van der Waals surface area contributed by atoms with Crippen LogP contribution in [0.15, 0.2) is 41.7 Å². The largest absolute Gasteiger partial charge is 0.356 e. The highest BCUT2D eigenvalue weighted by Gasteiger charge is 2.24. The standard InChI is InChI=1S/C20H28N6O.HI/c1-15-22-10-12-26(15)11-6-5-9-23-20(21-2)24-14-16-13-19(27)25-18-8-4-3-7-17(16)18;/h3-4,7-8,10,12,16H,5-6,9,11,13-14H2,1-2H3,(H,25,27)(H2,21,23,24);1H. The highest BCUT2D eigenvalue weighted by atomic mass is 127. The number of amides is 1. The smallest absolute Gasteiger partial charge is 0.225 e. The number of nitrogens with one attached hydrogen (secondary N) is 3. The summed E-state index contributed by atoms with van der Waals surface area (Å²) in [6.45, 7) is 4.54. The van der Waals surface area contributed by atoms with Gasteiger partial charge in [-0.1, -0.05) is 18.2 Å². The minimum absolute atomic E-state index is 0. The monoisotopic (exact) mass is 496 g/mol. The first kappa shape index (κ1) is 22.2. The summed E-state index contributed by atoms with van der Waals surface area (Å²) < 4.78 is 2.17. The van der Waals surface area contributed by atoms with Gasteiger partial charge in [0.1, 0.15) is 5.82 Å². The van der Waals surface area contributed by atoms with Crippen molar-refractivity contribution in [2.45, 2.75) is 38.6 Å². The lowest BCUT2D eigenvalue weighted by Crippen LogP contribution is -2.41. The lowest BCUT2D eigenvalue weighted by Gasteiger charge is -2.26. The van der Waals surface area contributed by atoms with Crippen LogP contribution in [0.1, 0.15) is 36.6 Å². The summed E-state index contributed by atoms with van der Waals surface area (Å²) in [6.07, 6.45) is 6.47. The predicted octanol–water partition coefficient (Wildman–Crippen LogP) is 2.88. The van der Waals surface area contributed by atoms with Gasteiger partial charge in [0, 0.05) is 57.1 Å². The van der Waals surface area contributed by atoms with Crippen molar-refractivity contribution in [3.63, 3.8) is 0 Å². The average Bonchev–Trinajstić information content (AvgIpc) is 3.08. The molecule has 28 heavy (non-hydrogen) atoms. The highest BCUT2D eigenvalue weighted by Crippen LogP contribution is 2.31. The number of carbonyl (C=O) groups excluding carboxylic acids is 1. The van der Waals surface area contributed by atoms with Crippen LogP contribution in [0.5, 0.6) is 0 Å². The molecule has 0 bridgehead atoms. The molecule has 8 heteroatoms. The van der Waals surface area contributed by atoms with Gasteiger partial charge >= 0.3 is 0 Å². The fourth-order valence-electron chi connectivity index (χ4n) is 3.38. The number of fused-ring (bicyclic) bond motifs is 1. The molecule has 152 valence electrons. The van der Waals surface area contributed by atoms with E-state index in [1.807, 2.05) is 37.5 Å². The number of aryl methyl sites for hydroxylation is 2. The van der Waals surface area contributed by atoms with Gasteiger partial charge in [-0.2, -0.15) is 0 Å². The Morgan fingerprint density at radius 2 is 2.14 bits per heavy atom.